The molecule has 0 saturated heterocycles. The monoisotopic (exact) mass is 310 g/mol. The summed E-state index contributed by atoms with van der Waals surface area (Å²) in [6.07, 6.45) is 9.00. The average molecular weight is 310 g/mol. The molecule has 23 heavy (non-hydrogen) atoms. The highest BCUT2D eigenvalue weighted by atomic mass is 16.5. The largest absolute Gasteiger partial charge is 0.494 e. The summed E-state index contributed by atoms with van der Waals surface area (Å²) in [5.41, 5.74) is 3.64. The topological polar surface area (TPSA) is 35.0 Å². The van der Waals surface area contributed by atoms with E-state index in [9.17, 15) is 0 Å². The minimum atomic E-state index is 0.782. The molecule has 0 saturated carbocycles. The Balaban J connectivity index is 1.72. The zero-order valence-corrected chi connectivity index (χ0v) is 14.2. The van der Waals surface area contributed by atoms with Crippen LogP contribution < -0.4 is 4.74 Å². The van der Waals surface area contributed by atoms with E-state index < -0.39 is 0 Å². The minimum absolute atomic E-state index is 0.782. The first-order valence-corrected chi connectivity index (χ1v) is 8.88. The van der Waals surface area contributed by atoms with E-state index in [1.807, 2.05) is 18.3 Å². The van der Waals surface area contributed by atoms with Crippen LogP contribution in [0.2, 0.25) is 0 Å². The molecule has 1 heterocycles. The third-order valence-electron chi connectivity index (χ3n) is 4.71. The number of fused-ring (bicyclic) bond motifs is 1. The summed E-state index contributed by atoms with van der Waals surface area (Å²) in [4.78, 5) is 9.39. The number of aryl methyl sites for hydroxylation is 1. The fraction of sp³-hybridized carbons (Fsp3) is 0.500. The molecular formula is C20H26N2O. The van der Waals surface area contributed by atoms with Crippen molar-refractivity contribution in [2.75, 3.05) is 6.61 Å². The highest BCUT2D eigenvalue weighted by Crippen LogP contribution is 2.28. The van der Waals surface area contributed by atoms with E-state index in [1.54, 1.807) is 0 Å². The summed E-state index contributed by atoms with van der Waals surface area (Å²) < 4.78 is 5.71. The molecule has 3 heteroatoms. The molecule has 2 aromatic rings. The van der Waals surface area contributed by atoms with Gasteiger partial charge in [0.2, 0.25) is 0 Å². The van der Waals surface area contributed by atoms with Gasteiger partial charge in [0.15, 0.2) is 5.82 Å². The first kappa shape index (κ1) is 16.0. The number of nitrogens with zero attached hydrogens (tertiary/aromatic N) is 2. The first-order valence-electron chi connectivity index (χ1n) is 8.88. The Morgan fingerprint density at radius 3 is 2.74 bits per heavy atom. The van der Waals surface area contributed by atoms with E-state index >= 15 is 0 Å². The van der Waals surface area contributed by atoms with Crippen LogP contribution in [0, 0.1) is 5.92 Å². The van der Waals surface area contributed by atoms with E-state index in [4.69, 9.17) is 9.72 Å². The van der Waals surface area contributed by atoms with E-state index in [0.29, 0.717) is 0 Å². The van der Waals surface area contributed by atoms with Crippen LogP contribution in [0.3, 0.4) is 0 Å². The Morgan fingerprint density at radius 1 is 1.17 bits per heavy atom. The summed E-state index contributed by atoms with van der Waals surface area (Å²) in [5, 5.41) is 0. The number of hydrogen-bond acceptors (Lipinski definition) is 3. The highest BCUT2D eigenvalue weighted by molar-refractivity contribution is 5.56. The fourth-order valence-electron chi connectivity index (χ4n) is 3.11. The van der Waals surface area contributed by atoms with Gasteiger partial charge in [0.1, 0.15) is 5.75 Å². The molecule has 0 amide bonds. The van der Waals surface area contributed by atoms with Crippen LogP contribution in [-0.4, -0.2) is 16.6 Å². The van der Waals surface area contributed by atoms with Crippen molar-refractivity contribution in [1.82, 2.24) is 9.97 Å². The lowest BCUT2D eigenvalue weighted by Gasteiger charge is -2.22. The van der Waals surface area contributed by atoms with Gasteiger partial charge in [-0.3, -0.25) is 0 Å². The molecule has 3 nitrogen and oxygen atoms in total. The molecule has 0 N–H and O–H groups in total. The number of unbranched alkanes of at least 4 members (excludes halogenated alkanes) is 1. The molecule has 1 aromatic heterocycles. The molecule has 0 aliphatic heterocycles. The molecule has 1 unspecified atom stereocenters. The van der Waals surface area contributed by atoms with Crippen molar-refractivity contribution < 1.29 is 4.74 Å². The van der Waals surface area contributed by atoms with Crippen molar-refractivity contribution >= 4 is 0 Å². The molecule has 0 spiro atoms. The van der Waals surface area contributed by atoms with Crippen molar-refractivity contribution in [2.45, 2.75) is 52.4 Å². The van der Waals surface area contributed by atoms with Crippen molar-refractivity contribution in [3.05, 3.63) is 41.7 Å². The van der Waals surface area contributed by atoms with E-state index in [0.717, 1.165) is 55.3 Å². The summed E-state index contributed by atoms with van der Waals surface area (Å²) in [5.74, 6) is 2.56. The van der Waals surface area contributed by atoms with Crippen LogP contribution in [0.4, 0.5) is 0 Å². The van der Waals surface area contributed by atoms with Crippen LogP contribution in [0.1, 0.15) is 50.8 Å². The van der Waals surface area contributed by atoms with Gasteiger partial charge in [0.05, 0.1) is 6.61 Å². The van der Waals surface area contributed by atoms with Crippen LogP contribution in [-0.2, 0) is 12.8 Å². The number of rotatable bonds is 6. The molecule has 1 aliphatic rings. The van der Waals surface area contributed by atoms with Crippen molar-refractivity contribution in [2.24, 2.45) is 5.92 Å². The summed E-state index contributed by atoms with van der Waals surface area (Å²) in [7, 11) is 0. The molecule has 122 valence electrons. The van der Waals surface area contributed by atoms with Gasteiger partial charge in [0, 0.05) is 17.5 Å². The molecule has 1 aliphatic carbocycles. The van der Waals surface area contributed by atoms with Gasteiger partial charge in [-0.2, -0.15) is 0 Å². The second kappa shape index (κ2) is 7.58. The van der Waals surface area contributed by atoms with Gasteiger partial charge >= 0.3 is 0 Å². The highest BCUT2D eigenvalue weighted by Gasteiger charge is 2.19. The third kappa shape index (κ3) is 3.90. The summed E-state index contributed by atoms with van der Waals surface area (Å²) in [6, 6.07) is 8.14. The number of hydrogen-bond donors (Lipinski definition) is 0. The van der Waals surface area contributed by atoms with Gasteiger partial charge < -0.3 is 4.74 Å². The maximum atomic E-state index is 5.71. The quantitative estimate of drug-likeness (QED) is 0.716. The van der Waals surface area contributed by atoms with E-state index in [2.05, 4.69) is 31.0 Å². The third-order valence-corrected chi connectivity index (χ3v) is 4.71. The van der Waals surface area contributed by atoms with Crippen molar-refractivity contribution in [1.29, 1.82) is 0 Å². The zero-order chi connectivity index (χ0) is 16.1. The summed E-state index contributed by atoms with van der Waals surface area (Å²) in [6.45, 7) is 5.22. The predicted molar refractivity (Wildman–Crippen MR) is 93.7 cm³/mol. The van der Waals surface area contributed by atoms with E-state index in [1.165, 1.54) is 24.1 Å². The average Bonchev–Trinajstić information content (AvgIpc) is 2.61. The molecule has 0 fully saturated rings. The number of aromatic nitrogens is 2. The van der Waals surface area contributed by atoms with Crippen LogP contribution in [0.25, 0.3) is 11.4 Å². The maximum Gasteiger partial charge on any atom is 0.159 e. The Morgan fingerprint density at radius 2 is 2.00 bits per heavy atom. The SMILES string of the molecule is CCCCOc1ccc(-c2ncc3c(n2)CCC(CC)C3)cc1. The van der Waals surface area contributed by atoms with Gasteiger partial charge in [0.25, 0.3) is 0 Å². The molecule has 0 bridgehead atoms. The molecule has 3 rings (SSSR count). The molecule has 1 aromatic carbocycles. The lowest BCUT2D eigenvalue weighted by molar-refractivity contribution is 0.309. The predicted octanol–water partition coefficient (Wildman–Crippen LogP) is 4.84. The van der Waals surface area contributed by atoms with Crippen molar-refractivity contribution in [3.63, 3.8) is 0 Å². The summed E-state index contributed by atoms with van der Waals surface area (Å²) >= 11 is 0. The fourth-order valence-corrected chi connectivity index (χ4v) is 3.11. The Labute approximate surface area is 139 Å². The van der Waals surface area contributed by atoms with E-state index in [-0.39, 0.29) is 0 Å². The van der Waals surface area contributed by atoms with Gasteiger partial charge in [-0.25, -0.2) is 9.97 Å². The van der Waals surface area contributed by atoms with Crippen LogP contribution in [0.5, 0.6) is 5.75 Å². The van der Waals surface area contributed by atoms with Crippen LogP contribution in [0.15, 0.2) is 30.5 Å². The van der Waals surface area contributed by atoms with Gasteiger partial charge in [-0.15, -0.1) is 0 Å². The number of benzene rings is 1. The molecule has 1 atom stereocenters. The second-order valence-corrected chi connectivity index (χ2v) is 6.41. The number of ether oxygens (including phenoxy) is 1. The van der Waals surface area contributed by atoms with Crippen molar-refractivity contribution in [3.8, 4) is 17.1 Å². The van der Waals surface area contributed by atoms with Gasteiger partial charge in [-0.1, -0.05) is 26.7 Å². The zero-order valence-electron chi connectivity index (χ0n) is 14.2. The first-order chi connectivity index (χ1) is 11.3. The lowest BCUT2D eigenvalue weighted by atomic mass is 9.86. The minimum Gasteiger partial charge on any atom is -0.494 e. The Hall–Kier alpha value is -1.90. The van der Waals surface area contributed by atoms with Gasteiger partial charge in [-0.05, 0) is 61.4 Å². The van der Waals surface area contributed by atoms with Crippen LogP contribution >= 0.6 is 0 Å². The standard InChI is InChI=1S/C20H26N2O/c1-3-5-12-23-18-9-7-16(8-10-18)20-21-14-17-13-15(4-2)6-11-19(17)22-20/h7-10,14-15H,3-6,11-13H2,1-2H3. The Bertz CT molecular complexity index is 637. The maximum absolute atomic E-state index is 5.71. The Kier molecular flexibility index (Phi) is 5.27. The normalized spacial score (nSPS) is 16.9. The lowest BCUT2D eigenvalue weighted by Crippen LogP contribution is -2.15. The molecule has 0 radical (unpaired) electrons. The molecular weight excluding hydrogens is 284 g/mol. The second-order valence-electron chi connectivity index (χ2n) is 6.41. The smallest absolute Gasteiger partial charge is 0.159 e.